The standard InChI is InChI=1S/C17H31N5O4/c1-11(2)8-25-16(24)14(26-12(3)4)6-7-22-9-19-13(5)15(22)21-17(18)20-10-23/h9-12,14,16,24H,6-8H2,1-5H3,(H3,18,20,21,23). The number of rotatable bonds is 11. The number of carbonyl (C=O) groups is 1. The normalized spacial score (nSPS) is 14.7. The summed E-state index contributed by atoms with van der Waals surface area (Å²) in [5.41, 5.74) is 6.31. The highest BCUT2D eigenvalue weighted by atomic mass is 16.6. The van der Waals surface area contributed by atoms with Crippen LogP contribution in [0, 0.1) is 12.8 Å². The van der Waals surface area contributed by atoms with Gasteiger partial charge in [-0.2, -0.15) is 4.99 Å². The molecule has 1 amide bonds. The number of carbonyl (C=O) groups excluding carboxylic acids is 1. The fourth-order valence-electron chi connectivity index (χ4n) is 2.28. The van der Waals surface area contributed by atoms with Crippen LogP contribution < -0.4 is 11.1 Å². The van der Waals surface area contributed by atoms with Crippen LogP contribution in [0.2, 0.25) is 0 Å². The number of hydrogen-bond acceptors (Lipinski definition) is 6. The summed E-state index contributed by atoms with van der Waals surface area (Å²) in [5.74, 6) is 0.841. The number of aliphatic hydroxyl groups excluding tert-OH is 1. The molecule has 0 saturated carbocycles. The Bertz CT molecular complexity index is 586. The third-order valence-electron chi connectivity index (χ3n) is 3.44. The molecule has 0 aliphatic rings. The van der Waals surface area contributed by atoms with Gasteiger partial charge < -0.3 is 24.9 Å². The monoisotopic (exact) mass is 369 g/mol. The van der Waals surface area contributed by atoms with Crippen molar-refractivity contribution >= 4 is 18.2 Å². The Kier molecular flexibility index (Phi) is 9.25. The van der Waals surface area contributed by atoms with Crippen LogP contribution in [-0.2, 0) is 20.8 Å². The smallest absolute Gasteiger partial charge is 0.213 e. The van der Waals surface area contributed by atoms with Crippen LogP contribution in [0.25, 0.3) is 0 Å². The maximum atomic E-state index is 10.5. The Morgan fingerprint density at radius 1 is 1.46 bits per heavy atom. The Morgan fingerprint density at radius 3 is 2.73 bits per heavy atom. The number of amides is 1. The van der Waals surface area contributed by atoms with E-state index in [9.17, 15) is 9.90 Å². The number of aryl methyl sites for hydroxylation is 2. The van der Waals surface area contributed by atoms with Crippen LogP contribution in [0.5, 0.6) is 0 Å². The minimum atomic E-state index is -1.02. The highest BCUT2D eigenvalue weighted by Crippen LogP contribution is 2.19. The summed E-state index contributed by atoms with van der Waals surface area (Å²) < 4.78 is 13.1. The summed E-state index contributed by atoms with van der Waals surface area (Å²) in [5, 5.41) is 12.6. The van der Waals surface area contributed by atoms with E-state index >= 15 is 0 Å². The number of aliphatic hydroxyl groups is 1. The molecule has 1 rings (SSSR count). The lowest BCUT2D eigenvalue weighted by atomic mass is 10.2. The first-order valence-corrected chi connectivity index (χ1v) is 8.75. The number of nitrogens with one attached hydrogen (secondary N) is 1. The first-order valence-electron chi connectivity index (χ1n) is 8.75. The molecule has 1 aromatic heterocycles. The van der Waals surface area contributed by atoms with Gasteiger partial charge in [-0.25, -0.2) is 4.98 Å². The van der Waals surface area contributed by atoms with E-state index in [-0.39, 0.29) is 12.1 Å². The Hall–Kier alpha value is -1.97. The topological polar surface area (TPSA) is 124 Å². The Labute approximate surface area is 154 Å². The second-order valence-electron chi connectivity index (χ2n) is 6.74. The average Bonchev–Trinajstić information content (AvgIpc) is 2.89. The van der Waals surface area contributed by atoms with Crippen molar-refractivity contribution in [2.75, 3.05) is 6.61 Å². The van der Waals surface area contributed by atoms with E-state index in [1.807, 2.05) is 27.7 Å². The molecule has 1 aromatic rings. The van der Waals surface area contributed by atoms with Crippen molar-refractivity contribution in [2.24, 2.45) is 16.6 Å². The van der Waals surface area contributed by atoms with Gasteiger partial charge in [0, 0.05) is 6.54 Å². The lowest BCUT2D eigenvalue weighted by Crippen LogP contribution is -2.35. The predicted molar refractivity (Wildman–Crippen MR) is 98.9 cm³/mol. The summed E-state index contributed by atoms with van der Waals surface area (Å²) in [7, 11) is 0. The molecule has 1 heterocycles. The summed E-state index contributed by atoms with van der Waals surface area (Å²) in [6.07, 6.45) is 1.04. The molecule has 2 atom stereocenters. The van der Waals surface area contributed by atoms with Gasteiger partial charge in [-0.15, -0.1) is 0 Å². The van der Waals surface area contributed by atoms with Crippen molar-refractivity contribution in [3.05, 3.63) is 12.0 Å². The molecule has 0 radical (unpaired) electrons. The van der Waals surface area contributed by atoms with Crippen molar-refractivity contribution in [2.45, 2.75) is 66.1 Å². The number of nitrogens with two attached hydrogens (primary N) is 1. The Morgan fingerprint density at radius 2 is 2.15 bits per heavy atom. The van der Waals surface area contributed by atoms with E-state index in [1.165, 1.54) is 0 Å². The third kappa shape index (κ3) is 7.51. The van der Waals surface area contributed by atoms with E-state index in [0.29, 0.717) is 43.4 Å². The van der Waals surface area contributed by atoms with Crippen LogP contribution in [-0.4, -0.2) is 52.1 Å². The highest BCUT2D eigenvalue weighted by molar-refractivity contribution is 5.88. The maximum Gasteiger partial charge on any atom is 0.213 e. The molecule has 0 bridgehead atoms. The molecule has 0 fully saturated rings. The van der Waals surface area contributed by atoms with Gasteiger partial charge in [-0.05, 0) is 33.1 Å². The predicted octanol–water partition coefficient (Wildman–Crippen LogP) is 1.06. The second kappa shape index (κ2) is 10.9. The lowest BCUT2D eigenvalue weighted by Gasteiger charge is -2.26. The van der Waals surface area contributed by atoms with Gasteiger partial charge in [0.15, 0.2) is 12.1 Å². The second-order valence-corrected chi connectivity index (χ2v) is 6.74. The molecule has 2 unspecified atom stereocenters. The molecule has 4 N–H and O–H groups in total. The molecule has 9 heteroatoms. The van der Waals surface area contributed by atoms with Crippen molar-refractivity contribution in [1.29, 1.82) is 0 Å². The van der Waals surface area contributed by atoms with E-state index in [1.54, 1.807) is 17.8 Å². The maximum absolute atomic E-state index is 10.5. The van der Waals surface area contributed by atoms with E-state index in [0.717, 1.165) is 0 Å². The third-order valence-corrected chi connectivity index (χ3v) is 3.44. The van der Waals surface area contributed by atoms with Gasteiger partial charge >= 0.3 is 0 Å². The zero-order valence-electron chi connectivity index (χ0n) is 16.2. The molecular formula is C17H31N5O4. The van der Waals surface area contributed by atoms with Crippen molar-refractivity contribution in [3.8, 4) is 0 Å². The summed E-state index contributed by atoms with van der Waals surface area (Å²) in [6.45, 7) is 10.6. The minimum absolute atomic E-state index is 0.0138. The van der Waals surface area contributed by atoms with Crippen LogP contribution >= 0.6 is 0 Å². The first kappa shape index (κ1) is 22.1. The van der Waals surface area contributed by atoms with Gasteiger partial charge in [-0.1, -0.05) is 13.8 Å². The van der Waals surface area contributed by atoms with Crippen LogP contribution in [0.3, 0.4) is 0 Å². The number of guanidine groups is 1. The molecule has 148 valence electrons. The van der Waals surface area contributed by atoms with Gasteiger partial charge in [-0.3, -0.25) is 10.1 Å². The summed E-state index contributed by atoms with van der Waals surface area (Å²) in [4.78, 5) is 18.9. The zero-order valence-corrected chi connectivity index (χ0v) is 16.2. The number of nitrogens with zero attached hydrogens (tertiary/aromatic N) is 3. The molecule has 0 aliphatic heterocycles. The minimum Gasteiger partial charge on any atom is -0.370 e. The molecular weight excluding hydrogens is 338 g/mol. The van der Waals surface area contributed by atoms with Gasteiger partial charge in [0.2, 0.25) is 12.4 Å². The zero-order chi connectivity index (χ0) is 19.7. The Balaban J connectivity index is 2.82. The highest BCUT2D eigenvalue weighted by Gasteiger charge is 2.23. The number of imidazole rings is 1. The van der Waals surface area contributed by atoms with E-state index in [2.05, 4.69) is 15.3 Å². The molecule has 26 heavy (non-hydrogen) atoms. The van der Waals surface area contributed by atoms with Crippen LogP contribution in [0.4, 0.5) is 5.82 Å². The number of ether oxygens (including phenoxy) is 2. The molecule has 9 nitrogen and oxygen atoms in total. The SMILES string of the molecule is Cc1ncn(CCC(OC(C)C)C(O)OCC(C)C)c1N=C(N)NC=O. The lowest BCUT2D eigenvalue weighted by molar-refractivity contribution is -0.194. The summed E-state index contributed by atoms with van der Waals surface area (Å²) in [6, 6.07) is 0. The van der Waals surface area contributed by atoms with Gasteiger partial charge in [0.05, 0.1) is 24.7 Å². The first-order chi connectivity index (χ1) is 12.2. The number of hydrogen-bond donors (Lipinski definition) is 3. The van der Waals surface area contributed by atoms with E-state index < -0.39 is 12.4 Å². The quantitative estimate of drug-likeness (QED) is 0.232. The van der Waals surface area contributed by atoms with Crippen LogP contribution in [0.15, 0.2) is 11.3 Å². The summed E-state index contributed by atoms with van der Waals surface area (Å²) >= 11 is 0. The van der Waals surface area contributed by atoms with Gasteiger partial charge in [0.25, 0.3) is 0 Å². The van der Waals surface area contributed by atoms with Crippen molar-refractivity contribution in [1.82, 2.24) is 14.9 Å². The van der Waals surface area contributed by atoms with Gasteiger partial charge in [0.1, 0.15) is 6.10 Å². The van der Waals surface area contributed by atoms with Crippen LogP contribution in [0.1, 0.15) is 39.8 Å². The molecule has 0 spiro atoms. The fourth-order valence-corrected chi connectivity index (χ4v) is 2.28. The largest absolute Gasteiger partial charge is 0.370 e. The van der Waals surface area contributed by atoms with Crippen molar-refractivity contribution in [3.63, 3.8) is 0 Å². The fraction of sp³-hybridized carbons (Fsp3) is 0.706. The molecule has 0 saturated heterocycles. The number of aromatic nitrogens is 2. The number of aliphatic imine (C=N–C) groups is 1. The molecule has 0 aliphatic carbocycles. The van der Waals surface area contributed by atoms with E-state index in [4.69, 9.17) is 15.2 Å². The van der Waals surface area contributed by atoms with Crippen molar-refractivity contribution < 1.29 is 19.4 Å². The average molecular weight is 369 g/mol. The molecule has 0 aromatic carbocycles.